The Labute approximate surface area is 138 Å². The van der Waals surface area contributed by atoms with Crippen LogP contribution in [0.5, 0.6) is 0 Å². The number of carbonyl (C=O) groups excluding carboxylic acids is 2. The van der Waals surface area contributed by atoms with Gasteiger partial charge in [-0.25, -0.2) is 4.39 Å². The highest BCUT2D eigenvalue weighted by molar-refractivity contribution is 6.30. The first-order valence-electron chi connectivity index (χ1n) is 7.09. The van der Waals surface area contributed by atoms with Gasteiger partial charge in [0, 0.05) is 17.3 Å². The molecule has 0 heterocycles. The van der Waals surface area contributed by atoms with Crippen LogP contribution in [0.2, 0.25) is 5.02 Å². The topological polar surface area (TPSA) is 58.2 Å². The van der Waals surface area contributed by atoms with Gasteiger partial charge in [-0.15, -0.1) is 0 Å². The molecule has 4 nitrogen and oxygen atoms in total. The van der Waals surface area contributed by atoms with E-state index in [1.165, 1.54) is 18.2 Å². The maximum atomic E-state index is 13.0. The second-order valence-electron chi connectivity index (χ2n) is 4.96. The summed E-state index contributed by atoms with van der Waals surface area (Å²) in [7, 11) is 0. The zero-order valence-electron chi connectivity index (χ0n) is 12.3. The quantitative estimate of drug-likeness (QED) is 0.797. The van der Waals surface area contributed by atoms with Crippen molar-refractivity contribution in [2.45, 2.75) is 12.8 Å². The number of anilines is 1. The molecule has 0 spiro atoms. The summed E-state index contributed by atoms with van der Waals surface area (Å²) in [4.78, 5) is 23.4. The SMILES string of the molecule is O=C(CC(=O)Nc1cccc(F)c1)NCCc1ccc(Cl)cc1. The maximum Gasteiger partial charge on any atom is 0.233 e. The Hall–Kier alpha value is -2.40. The van der Waals surface area contributed by atoms with Crippen molar-refractivity contribution in [3.05, 3.63) is 64.9 Å². The molecule has 6 heteroatoms. The average Bonchev–Trinajstić information content (AvgIpc) is 2.49. The van der Waals surface area contributed by atoms with E-state index in [1.807, 2.05) is 12.1 Å². The van der Waals surface area contributed by atoms with E-state index in [9.17, 15) is 14.0 Å². The molecule has 0 aliphatic carbocycles. The molecule has 0 radical (unpaired) electrons. The van der Waals surface area contributed by atoms with Crippen molar-refractivity contribution < 1.29 is 14.0 Å². The van der Waals surface area contributed by atoms with Crippen molar-refractivity contribution in [3.8, 4) is 0 Å². The van der Waals surface area contributed by atoms with Crippen LogP contribution in [-0.4, -0.2) is 18.4 Å². The van der Waals surface area contributed by atoms with Crippen LogP contribution < -0.4 is 10.6 Å². The maximum absolute atomic E-state index is 13.0. The Balaban J connectivity index is 1.71. The molecule has 0 bridgehead atoms. The molecule has 0 aromatic heterocycles. The number of benzene rings is 2. The summed E-state index contributed by atoms with van der Waals surface area (Å²) >= 11 is 5.79. The first-order valence-corrected chi connectivity index (χ1v) is 7.47. The fourth-order valence-electron chi connectivity index (χ4n) is 1.98. The molecular formula is C17H16ClFN2O2. The third kappa shape index (κ3) is 6.08. The minimum absolute atomic E-state index is 0.308. The molecule has 0 fully saturated rings. The van der Waals surface area contributed by atoms with Gasteiger partial charge in [-0.05, 0) is 42.3 Å². The summed E-state index contributed by atoms with van der Waals surface area (Å²) in [5.41, 5.74) is 1.36. The lowest BCUT2D eigenvalue weighted by Crippen LogP contribution is -2.29. The van der Waals surface area contributed by atoms with Crippen LogP contribution in [0.4, 0.5) is 10.1 Å². The van der Waals surface area contributed by atoms with Crippen molar-refractivity contribution in [2.24, 2.45) is 0 Å². The molecule has 0 saturated heterocycles. The normalized spacial score (nSPS) is 10.2. The Bertz CT molecular complexity index is 689. The average molecular weight is 335 g/mol. The summed E-state index contributed by atoms with van der Waals surface area (Å²) in [5.74, 6) is -1.32. The van der Waals surface area contributed by atoms with E-state index < -0.39 is 11.7 Å². The predicted molar refractivity (Wildman–Crippen MR) is 87.8 cm³/mol. The minimum atomic E-state index is -0.486. The number of hydrogen-bond donors (Lipinski definition) is 2. The molecule has 0 aliphatic heterocycles. The first-order chi connectivity index (χ1) is 11.0. The predicted octanol–water partition coefficient (Wildman–Crippen LogP) is 3.17. The van der Waals surface area contributed by atoms with Gasteiger partial charge in [0.05, 0.1) is 0 Å². The van der Waals surface area contributed by atoms with E-state index in [1.54, 1.807) is 18.2 Å². The fraction of sp³-hybridized carbons (Fsp3) is 0.176. The summed E-state index contributed by atoms with van der Waals surface area (Å²) in [6.07, 6.45) is 0.339. The third-order valence-corrected chi connectivity index (χ3v) is 3.33. The lowest BCUT2D eigenvalue weighted by molar-refractivity contribution is -0.126. The van der Waals surface area contributed by atoms with E-state index in [0.717, 1.165) is 5.56 Å². The van der Waals surface area contributed by atoms with Gasteiger partial charge in [0.2, 0.25) is 11.8 Å². The second-order valence-corrected chi connectivity index (χ2v) is 5.40. The van der Waals surface area contributed by atoms with Crippen molar-refractivity contribution in [3.63, 3.8) is 0 Å². The van der Waals surface area contributed by atoms with Gasteiger partial charge in [-0.1, -0.05) is 29.8 Å². The number of hydrogen-bond acceptors (Lipinski definition) is 2. The molecular weight excluding hydrogens is 319 g/mol. The number of carbonyl (C=O) groups is 2. The Kier molecular flexibility index (Phi) is 6.11. The molecule has 2 N–H and O–H groups in total. The van der Waals surface area contributed by atoms with Crippen molar-refractivity contribution in [2.75, 3.05) is 11.9 Å². The molecule has 0 unspecified atom stereocenters. The van der Waals surface area contributed by atoms with Gasteiger partial charge in [0.25, 0.3) is 0 Å². The zero-order valence-corrected chi connectivity index (χ0v) is 13.1. The lowest BCUT2D eigenvalue weighted by Gasteiger charge is -2.07. The lowest BCUT2D eigenvalue weighted by atomic mass is 10.1. The summed E-state index contributed by atoms with van der Waals surface area (Å²) in [6, 6.07) is 12.8. The van der Waals surface area contributed by atoms with Crippen molar-refractivity contribution in [1.29, 1.82) is 0 Å². The smallest absolute Gasteiger partial charge is 0.233 e. The number of halogens is 2. The van der Waals surface area contributed by atoms with E-state index in [2.05, 4.69) is 10.6 Å². The van der Waals surface area contributed by atoms with Gasteiger partial charge < -0.3 is 10.6 Å². The van der Waals surface area contributed by atoms with Crippen LogP contribution in [0.1, 0.15) is 12.0 Å². The van der Waals surface area contributed by atoms with Crippen LogP contribution in [0.25, 0.3) is 0 Å². The van der Waals surface area contributed by atoms with Crippen LogP contribution in [0, 0.1) is 5.82 Å². The van der Waals surface area contributed by atoms with Crippen LogP contribution >= 0.6 is 11.6 Å². The monoisotopic (exact) mass is 334 g/mol. The standard InChI is InChI=1S/C17H16ClFN2O2/c18-13-6-4-12(5-7-13)8-9-20-16(22)11-17(23)21-15-3-1-2-14(19)10-15/h1-7,10H,8-9,11H2,(H,20,22)(H,21,23). The van der Waals surface area contributed by atoms with Gasteiger partial charge in [0.15, 0.2) is 0 Å². The molecule has 2 amide bonds. The summed E-state index contributed by atoms with van der Waals surface area (Å²) in [6.45, 7) is 0.424. The van der Waals surface area contributed by atoms with E-state index in [-0.39, 0.29) is 12.3 Å². The van der Waals surface area contributed by atoms with Crippen molar-refractivity contribution in [1.82, 2.24) is 5.32 Å². The Morgan fingerprint density at radius 2 is 1.78 bits per heavy atom. The van der Waals surface area contributed by atoms with Gasteiger partial charge in [-0.2, -0.15) is 0 Å². The minimum Gasteiger partial charge on any atom is -0.355 e. The Morgan fingerprint density at radius 1 is 1.04 bits per heavy atom. The van der Waals surface area contributed by atoms with Gasteiger partial charge >= 0.3 is 0 Å². The number of rotatable bonds is 6. The molecule has 120 valence electrons. The molecule has 2 aromatic carbocycles. The molecule has 2 rings (SSSR count). The molecule has 2 aromatic rings. The third-order valence-electron chi connectivity index (χ3n) is 3.08. The van der Waals surface area contributed by atoms with Crippen LogP contribution in [0.15, 0.2) is 48.5 Å². The van der Waals surface area contributed by atoms with Crippen molar-refractivity contribution >= 4 is 29.1 Å². The van der Waals surface area contributed by atoms with Gasteiger partial charge in [-0.3, -0.25) is 9.59 Å². The van der Waals surface area contributed by atoms with Gasteiger partial charge in [0.1, 0.15) is 12.2 Å². The fourth-order valence-corrected chi connectivity index (χ4v) is 2.10. The second kappa shape index (κ2) is 8.29. The summed E-state index contributed by atoms with van der Waals surface area (Å²) in [5, 5.41) is 5.80. The highest BCUT2D eigenvalue weighted by Crippen LogP contribution is 2.10. The molecule has 23 heavy (non-hydrogen) atoms. The molecule has 0 saturated carbocycles. The van der Waals surface area contributed by atoms with E-state index in [0.29, 0.717) is 23.7 Å². The van der Waals surface area contributed by atoms with Crippen LogP contribution in [-0.2, 0) is 16.0 Å². The van der Waals surface area contributed by atoms with Crippen LogP contribution in [0.3, 0.4) is 0 Å². The zero-order chi connectivity index (χ0) is 16.7. The first kappa shape index (κ1) is 17.0. The summed E-state index contributed by atoms with van der Waals surface area (Å²) < 4.78 is 13.0. The largest absolute Gasteiger partial charge is 0.355 e. The molecule has 0 aliphatic rings. The van der Waals surface area contributed by atoms with E-state index >= 15 is 0 Å². The number of amides is 2. The van der Waals surface area contributed by atoms with E-state index in [4.69, 9.17) is 11.6 Å². The number of nitrogens with one attached hydrogen (secondary N) is 2. The molecule has 0 atom stereocenters. The Morgan fingerprint density at radius 3 is 2.48 bits per heavy atom. The highest BCUT2D eigenvalue weighted by atomic mass is 35.5. The highest BCUT2D eigenvalue weighted by Gasteiger charge is 2.09.